The van der Waals surface area contributed by atoms with E-state index in [2.05, 4.69) is 28.4 Å². The van der Waals surface area contributed by atoms with Crippen molar-refractivity contribution in [2.75, 3.05) is 26.5 Å². The molecule has 272 valence electrons. The van der Waals surface area contributed by atoms with Crippen LogP contribution >= 0.6 is 7.14 Å². The van der Waals surface area contributed by atoms with Crippen molar-refractivity contribution in [3.8, 4) is 0 Å². The van der Waals surface area contributed by atoms with Gasteiger partial charge in [0.05, 0.1) is 17.4 Å². The highest BCUT2D eigenvalue weighted by molar-refractivity contribution is 7.70. The lowest BCUT2D eigenvalue weighted by Gasteiger charge is -2.13. The molecular weight excluding hydrogens is 629 g/mol. The van der Waals surface area contributed by atoms with Crippen molar-refractivity contribution in [2.24, 2.45) is 5.73 Å². The Morgan fingerprint density at radius 3 is 2.08 bits per heavy atom. The summed E-state index contributed by atoms with van der Waals surface area (Å²) in [6.45, 7) is 7.92. The Bertz CT molecular complexity index is 1560. The Labute approximate surface area is 295 Å². The average molecular weight is 694 g/mol. The number of fused-ring (bicyclic) bond motifs is 3. The van der Waals surface area contributed by atoms with Gasteiger partial charge in [0.1, 0.15) is 30.6 Å². The number of hydrogen-bond donors (Lipinski definition) is 1. The summed E-state index contributed by atoms with van der Waals surface area (Å²) in [5, 5.41) is 10.6. The van der Waals surface area contributed by atoms with Crippen LogP contribution in [0.4, 0.5) is 0 Å². The van der Waals surface area contributed by atoms with E-state index in [1.165, 1.54) is 96.3 Å². The summed E-state index contributed by atoms with van der Waals surface area (Å²) in [5.41, 5.74) is 9.40. The second-order valence-electron chi connectivity index (χ2n) is 14.3. The molecule has 0 aliphatic heterocycles. The quantitative estimate of drug-likeness (QED) is 0.0490. The molecule has 3 heterocycles. The number of hydrogen-bond acceptors (Lipinski definition) is 7. The molecule has 0 fully saturated rings. The van der Waals surface area contributed by atoms with Gasteiger partial charge in [-0.25, -0.2) is 4.98 Å². The summed E-state index contributed by atoms with van der Waals surface area (Å²) in [6, 6.07) is 5.89. The van der Waals surface area contributed by atoms with Gasteiger partial charge >= 0.3 is 0 Å². The molecule has 1 aromatic carbocycles. The molecule has 0 spiro atoms. The molecule has 0 radical (unpaired) electrons. The maximum absolute atomic E-state index is 12.7. The molecule has 0 aliphatic rings. The SMILES string of the molecule is CCCCCCCCCCCCCCCCCc1cn(CCCCOn2c(CCCCN)nc3cnc4cc(P(C)(C)=O)ccc4c32)nn1. The predicted molar refractivity (Wildman–Crippen MR) is 205 cm³/mol. The monoisotopic (exact) mass is 693 g/mol. The normalized spacial score (nSPS) is 12.1. The number of aromatic nitrogens is 6. The highest BCUT2D eigenvalue weighted by Crippen LogP contribution is 2.36. The van der Waals surface area contributed by atoms with Crippen LogP contribution in [0.25, 0.3) is 21.9 Å². The zero-order chi connectivity index (χ0) is 34.7. The van der Waals surface area contributed by atoms with Gasteiger partial charge in [-0.05, 0) is 70.5 Å². The van der Waals surface area contributed by atoms with Crippen LogP contribution in [0.1, 0.15) is 140 Å². The van der Waals surface area contributed by atoms with Crippen molar-refractivity contribution < 1.29 is 9.40 Å². The summed E-state index contributed by atoms with van der Waals surface area (Å²) >= 11 is 0. The minimum Gasteiger partial charge on any atom is -0.412 e. The molecule has 4 aromatic rings. The maximum atomic E-state index is 12.7. The van der Waals surface area contributed by atoms with Crippen LogP contribution in [0, 0.1) is 0 Å². The lowest BCUT2D eigenvalue weighted by Crippen LogP contribution is -2.17. The molecule has 0 amide bonds. The highest BCUT2D eigenvalue weighted by atomic mass is 31.2. The van der Waals surface area contributed by atoms with Gasteiger partial charge in [-0.15, -0.1) is 5.10 Å². The Morgan fingerprint density at radius 1 is 0.776 bits per heavy atom. The Hall–Kier alpha value is -2.77. The second-order valence-corrected chi connectivity index (χ2v) is 17.5. The zero-order valence-electron chi connectivity index (χ0n) is 30.9. The third-order valence-electron chi connectivity index (χ3n) is 9.59. The molecule has 0 atom stereocenters. The summed E-state index contributed by atoms with van der Waals surface area (Å²) < 4.78 is 16.6. The van der Waals surface area contributed by atoms with Crippen molar-refractivity contribution in [3.05, 3.63) is 42.1 Å². The minimum atomic E-state index is -2.39. The number of imidazole rings is 1. The van der Waals surface area contributed by atoms with Gasteiger partial charge in [-0.1, -0.05) is 108 Å². The minimum absolute atomic E-state index is 0.567. The van der Waals surface area contributed by atoms with Gasteiger partial charge < -0.3 is 15.1 Å². The Kier molecular flexibility index (Phi) is 17.1. The Morgan fingerprint density at radius 2 is 1.43 bits per heavy atom. The summed E-state index contributed by atoms with van der Waals surface area (Å²) in [4.78, 5) is 15.9. The van der Waals surface area contributed by atoms with Crippen LogP contribution in [0.3, 0.4) is 0 Å². The average Bonchev–Trinajstić information content (AvgIpc) is 3.70. The third-order valence-corrected chi connectivity index (χ3v) is 11.1. The first-order valence-electron chi connectivity index (χ1n) is 19.5. The molecule has 0 saturated carbocycles. The number of nitrogens with zero attached hydrogens (tertiary/aromatic N) is 6. The molecule has 10 heteroatoms. The zero-order valence-corrected chi connectivity index (χ0v) is 31.8. The van der Waals surface area contributed by atoms with E-state index in [0.29, 0.717) is 13.2 Å². The maximum Gasteiger partial charge on any atom is 0.146 e. The third kappa shape index (κ3) is 13.1. The molecule has 3 aromatic heterocycles. The molecule has 0 bridgehead atoms. The molecule has 49 heavy (non-hydrogen) atoms. The van der Waals surface area contributed by atoms with E-state index in [9.17, 15) is 4.57 Å². The molecule has 4 rings (SSSR count). The number of unbranched alkanes of at least 4 members (excludes halogenated alkanes) is 16. The largest absolute Gasteiger partial charge is 0.412 e. The Balaban J connectivity index is 1.14. The van der Waals surface area contributed by atoms with Crippen molar-refractivity contribution in [1.29, 1.82) is 0 Å². The van der Waals surface area contributed by atoms with Crippen LogP contribution in [0.5, 0.6) is 0 Å². The van der Waals surface area contributed by atoms with Gasteiger partial charge in [0.15, 0.2) is 0 Å². The van der Waals surface area contributed by atoms with E-state index in [4.69, 9.17) is 15.6 Å². The molecule has 0 saturated heterocycles. The van der Waals surface area contributed by atoms with Crippen molar-refractivity contribution in [2.45, 2.75) is 148 Å². The molecule has 0 aliphatic carbocycles. The van der Waals surface area contributed by atoms with E-state index >= 15 is 0 Å². The lowest BCUT2D eigenvalue weighted by atomic mass is 10.0. The van der Waals surface area contributed by atoms with E-state index in [1.54, 1.807) is 19.5 Å². The van der Waals surface area contributed by atoms with Gasteiger partial charge in [-0.2, -0.15) is 4.73 Å². The van der Waals surface area contributed by atoms with Crippen LogP contribution in [-0.2, 0) is 24.0 Å². The summed E-state index contributed by atoms with van der Waals surface area (Å²) in [5.74, 6) is 0.887. The number of aryl methyl sites for hydroxylation is 3. The first-order valence-corrected chi connectivity index (χ1v) is 22.1. The molecular formula is C39H64N7O2P. The second kappa shape index (κ2) is 21.4. The van der Waals surface area contributed by atoms with Gasteiger partial charge in [0, 0.05) is 29.9 Å². The number of nitrogens with two attached hydrogens (primary N) is 1. The number of rotatable bonds is 27. The van der Waals surface area contributed by atoms with Crippen molar-refractivity contribution in [3.63, 3.8) is 0 Å². The van der Waals surface area contributed by atoms with Crippen LogP contribution in [0.2, 0.25) is 0 Å². The molecule has 9 nitrogen and oxygen atoms in total. The fraction of sp³-hybridized carbons (Fsp3) is 0.692. The van der Waals surface area contributed by atoms with Crippen LogP contribution in [0.15, 0.2) is 30.6 Å². The van der Waals surface area contributed by atoms with Gasteiger partial charge in [-0.3, -0.25) is 9.67 Å². The van der Waals surface area contributed by atoms with Gasteiger partial charge in [0.2, 0.25) is 0 Å². The number of pyridine rings is 1. The van der Waals surface area contributed by atoms with Gasteiger partial charge in [0.25, 0.3) is 0 Å². The van der Waals surface area contributed by atoms with Crippen LogP contribution in [-0.4, -0.2) is 56.2 Å². The first kappa shape index (κ1) is 39.0. The smallest absolute Gasteiger partial charge is 0.146 e. The number of benzene rings is 1. The van der Waals surface area contributed by atoms with E-state index in [1.807, 2.05) is 27.6 Å². The lowest BCUT2D eigenvalue weighted by molar-refractivity contribution is 0.108. The summed E-state index contributed by atoms with van der Waals surface area (Å²) in [6.07, 6.45) is 30.2. The first-order chi connectivity index (χ1) is 23.9. The summed E-state index contributed by atoms with van der Waals surface area (Å²) in [7, 11) is -2.39. The van der Waals surface area contributed by atoms with Crippen molar-refractivity contribution >= 4 is 34.4 Å². The van der Waals surface area contributed by atoms with E-state index in [-0.39, 0.29) is 0 Å². The van der Waals surface area contributed by atoms with E-state index < -0.39 is 7.14 Å². The van der Waals surface area contributed by atoms with Crippen LogP contribution < -0.4 is 15.9 Å². The highest BCUT2D eigenvalue weighted by Gasteiger charge is 2.18. The topological polar surface area (TPSA) is 114 Å². The molecule has 2 N–H and O–H groups in total. The predicted octanol–water partition coefficient (Wildman–Crippen LogP) is 9.03. The fourth-order valence-electron chi connectivity index (χ4n) is 6.60. The standard InChI is InChI=1S/C39H64N7O2P/c1-4-5-6-7-8-9-10-11-12-13-14-15-16-17-18-23-33-32-45(44-43-33)28-21-22-29-48-46-38(24-19-20-27-40)42-37-31-41-36-30-34(49(2,3)47)25-26-35(36)39(37)46/h25-26,30-32H,4-24,27-29,40H2,1-3H3. The van der Waals surface area contributed by atoms with E-state index in [0.717, 1.165) is 83.8 Å². The fourth-order valence-corrected chi connectivity index (χ4v) is 7.46. The van der Waals surface area contributed by atoms with Crippen molar-refractivity contribution in [1.82, 2.24) is 29.7 Å². The molecule has 0 unspecified atom stereocenters.